The predicted molar refractivity (Wildman–Crippen MR) is 99.1 cm³/mol. The van der Waals surface area contributed by atoms with Gasteiger partial charge in [0.2, 0.25) is 0 Å². The summed E-state index contributed by atoms with van der Waals surface area (Å²) in [6, 6.07) is 3.72. The number of hydrogen-bond acceptors (Lipinski definition) is 5. The van der Waals surface area contributed by atoms with Crippen molar-refractivity contribution in [1.82, 2.24) is 0 Å². The van der Waals surface area contributed by atoms with Gasteiger partial charge in [-0.3, -0.25) is 14.6 Å². The number of ether oxygens (including phenoxy) is 1. The van der Waals surface area contributed by atoms with E-state index in [1.165, 1.54) is 0 Å². The predicted octanol–water partition coefficient (Wildman–Crippen LogP) is 4.36. The molecule has 1 aliphatic heterocycles. The molecule has 0 amide bonds. The Balaban J connectivity index is 2.10. The molecule has 0 bridgehead atoms. The molecular weight excluding hydrogens is 330 g/mol. The summed E-state index contributed by atoms with van der Waals surface area (Å²) in [7, 11) is 0. The number of carbonyl (C=O) groups excluding carboxylic acids is 2. The smallest absolute Gasteiger partial charge is 0.315 e. The van der Waals surface area contributed by atoms with Crippen molar-refractivity contribution in [2.24, 2.45) is 16.3 Å². The van der Waals surface area contributed by atoms with Crippen LogP contribution in [-0.2, 0) is 14.3 Å². The third-order valence-electron chi connectivity index (χ3n) is 5.07. The first-order chi connectivity index (χ1) is 12.2. The normalized spacial score (nSPS) is 25.0. The van der Waals surface area contributed by atoms with Crippen LogP contribution in [0.5, 0.6) is 0 Å². The molecule has 26 heavy (non-hydrogen) atoms. The van der Waals surface area contributed by atoms with E-state index in [0.29, 0.717) is 30.1 Å². The zero-order valence-electron chi connectivity index (χ0n) is 16.2. The van der Waals surface area contributed by atoms with E-state index in [9.17, 15) is 9.59 Å². The number of carbonyl (C=O) groups is 2. The molecule has 140 valence electrons. The van der Waals surface area contributed by atoms with Crippen LogP contribution in [0.4, 0.5) is 0 Å². The Kier molecular flexibility index (Phi) is 4.91. The zero-order chi connectivity index (χ0) is 19.1. The van der Waals surface area contributed by atoms with Crippen molar-refractivity contribution in [3.05, 3.63) is 34.9 Å². The van der Waals surface area contributed by atoms with Gasteiger partial charge in [0.05, 0.1) is 12.5 Å². The maximum atomic E-state index is 13.0. The Morgan fingerprint density at radius 3 is 2.65 bits per heavy atom. The Morgan fingerprint density at radius 1 is 1.31 bits per heavy atom. The lowest BCUT2D eigenvalue weighted by atomic mass is 9.68. The Morgan fingerprint density at radius 2 is 2.04 bits per heavy atom. The number of hydrogen-bond donors (Lipinski definition) is 0. The fourth-order valence-corrected chi connectivity index (χ4v) is 3.97. The van der Waals surface area contributed by atoms with Crippen LogP contribution in [-0.4, -0.2) is 24.1 Å². The summed E-state index contributed by atoms with van der Waals surface area (Å²) < 4.78 is 11.3. The second kappa shape index (κ2) is 6.86. The number of nitrogens with zero attached hydrogens (tertiary/aromatic N) is 1. The molecule has 5 heteroatoms. The van der Waals surface area contributed by atoms with Crippen LogP contribution in [0, 0.1) is 18.3 Å². The zero-order valence-corrected chi connectivity index (χ0v) is 16.2. The second-order valence-corrected chi connectivity index (χ2v) is 8.13. The Bertz CT molecular complexity index is 797. The van der Waals surface area contributed by atoms with Crippen LogP contribution >= 0.6 is 0 Å². The molecule has 3 rings (SSSR count). The van der Waals surface area contributed by atoms with Crippen LogP contribution in [0.2, 0.25) is 0 Å². The number of rotatable bonds is 4. The van der Waals surface area contributed by atoms with E-state index in [0.717, 1.165) is 24.3 Å². The molecule has 1 aromatic rings. The molecule has 2 aliphatic rings. The van der Waals surface area contributed by atoms with Crippen LogP contribution < -0.4 is 0 Å². The molecule has 5 nitrogen and oxygen atoms in total. The number of aryl methyl sites for hydroxylation is 1. The maximum absolute atomic E-state index is 13.0. The lowest BCUT2D eigenvalue weighted by molar-refractivity contribution is -0.146. The molecular formula is C21H27NO4. The highest BCUT2D eigenvalue weighted by Crippen LogP contribution is 2.48. The quantitative estimate of drug-likeness (QED) is 0.751. The number of esters is 1. The van der Waals surface area contributed by atoms with Crippen molar-refractivity contribution >= 4 is 17.5 Å². The number of Topliss-reactive ketones (excluding diaryl/α,β-unsaturated/α-hetero) is 1. The van der Waals surface area contributed by atoms with Gasteiger partial charge in [0.1, 0.15) is 17.4 Å². The summed E-state index contributed by atoms with van der Waals surface area (Å²) >= 11 is 0. The third kappa shape index (κ3) is 3.39. The fraction of sp³-hybridized carbons (Fsp3) is 0.571. The first-order valence-corrected chi connectivity index (χ1v) is 9.28. The van der Waals surface area contributed by atoms with Crippen molar-refractivity contribution in [2.45, 2.75) is 59.8 Å². The molecule has 1 unspecified atom stereocenters. The van der Waals surface area contributed by atoms with Gasteiger partial charge in [0.15, 0.2) is 5.78 Å². The number of furan rings is 1. The third-order valence-corrected chi connectivity index (χ3v) is 5.07. The maximum Gasteiger partial charge on any atom is 0.315 e. The largest absolute Gasteiger partial charge is 0.466 e. The second-order valence-electron chi connectivity index (χ2n) is 8.13. The molecule has 0 fully saturated rings. The van der Waals surface area contributed by atoms with E-state index >= 15 is 0 Å². The summed E-state index contributed by atoms with van der Waals surface area (Å²) in [6.45, 7) is 10.2. The number of aliphatic imine (C=N–C) groups is 1. The Labute approximate surface area is 154 Å². The SMILES string of the molecule is CCCOC(=O)C1C(C)=NC2=C(C(=O)CC(C)(C)C2)[C@H]1c1ccc(C)o1. The van der Waals surface area contributed by atoms with E-state index < -0.39 is 11.8 Å². The molecule has 0 saturated carbocycles. The summed E-state index contributed by atoms with van der Waals surface area (Å²) in [5, 5.41) is 0. The topological polar surface area (TPSA) is 68.9 Å². The molecule has 1 aromatic heterocycles. The van der Waals surface area contributed by atoms with Gasteiger partial charge in [0.25, 0.3) is 0 Å². The molecule has 0 radical (unpaired) electrons. The molecule has 2 heterocycles. The minimum absolute atomic E-state index is 0.0554. The standard InChI is InChI=1S/C21H27NO4/c1-6-9-25-20(24)17-13(3)22-14-10-21(4,5)11-15(23)18(14)19(17)16-8-7-12(2)26-16/h7-8,17,19H,6,9-11H2,1-5H3/t17?,19-/m0/s1. The molecule has 1 aliphatic carbocycles. The minimum atomic E-state index is -0.615. The number of ketones is 1. The number of allylic oxidation sites excluding steroid dienone is 2. The summed E-state index contributed by atoms with van der Waals surface area (Å²) in [5.41, 5.74) is 1.98. The molecule has 0 spiro atoms. The van der Waals surface area contributed by atoms with Crippen molar-refractivity contribution in [1.29, 1.82) is 0 Å². The Hall–Kier alpha value is -2.17. The highest BCUT2D eigenvalue weighted by atomic mass is 16.5. The van der Waals surface area contributed by atoms with Gasteiger partial charge in [-0.1, -0.05) is 20.8 Å². The molecule has 2 atom stereocenters. The minimum Gasteiger partial charge on any atom is -0.466 e. The van der Waals surface area contributed by atoms with E-state index in [1.807, 2.05) is 32.9 Å². The van der Waals surface area contributed by atoms with Crippen LogP contribution in [0.3, 0.4) is 0 Å². The van der Waals surface area contributed by atoms with E-state index in [2.05, 4.69) is 18.8 Å². The lowest BCUT2D eigenvalue weighted by Crippen LogP contribution is -2.39. The van der Waals surface area contributed by atoms with Crippen molar-refractivity contribution < 1.29 is 18.7 Å². The monoisotopic (exact) mass is 357 g/mol. The van der Waals surface area contributed by atoms with Crippen molar-refractivity contribution in [3.63, 3.8) is 0 Å². The lowest BCUT2D eigenvalue weighted by Gasteiger charge is -2.38. The van der Waals surface area contributed by atoms with E-state index in [4.69, 9.17) is 9.15 Å². The summed E-state index contributed by atoms with van der Waals surface area (Å²) in [6.07, 6.45) is 1.92. The van der Waals surface area contributed by atoms with Crippen molar-refractivity contribution in [3.8, 4) is 0 Å². The highest BCUT2D eigenvalue weighted by molar-refractivity contribution is 6.08. The van der Waals surface area contributed by atoms with Gasteiger partial charge in [-0.05, 0) is 44.2 Å². The first kappa shape index (κ1) is 18.6. The van der Waals surface area contributed by atoms with Gasteiger partial charge in [0, 0.05) is 23.4 Å². The van der Waals surface area contributed by atoms with Crippen LogP contribution in [0.25, 0.3) is 0 Å². The van der Waals surface area contributed by atoms with E-state index in [1.54, 1.807) is 0 Å². The van der Waals surface area contributed by atoms with Gasteiger partial charge in [-0.25, -0.2) is 0 Å². The summed E-state index contributed by atoms with van der Waals surface area (Å²) in [4.78, 5) is 30.5. The average Bonchev–Trinajstić information content (AvgIpc) is 2.96. The van der Waals surface area contributed by atoms with Crippen LogP contribution in [0.15, 0.2) is 32.8 Å². The van der Waals surface area contributed by atoms with Gasteiger partial charge >= 0.3 is 5.97 Å². The first-order valence-electron chi connectivity index (χ1n) is 9.28. The molecule has 0 N–H and O–H groups in total. The molecule has 0 saturated heterocycles. The van der Waals surface area contributed by atoms with Crippen molar-refractivity contribution in [2.75, 3.05) is 6.61 Å². The van der Waals surface area contributed by atoms with Gasteiger partial charge in [-0.2, -0.15) is 0 Å². The van der Waals surface area contributed by atoms with Crippen LogP contribution in [0.1, 0.15) is 64.4 Å². The summed E-state index contributed by atoms with van der Waals surface area (Å²) in [5.74, 6) is 0.0404. The average molecular weight is 357 g/mol. The van der Waals surface area contributed by atoms with E-state index in [-0.39, 0.29) is 17.2 Å². The fourth-order valence-electron chi connectivity index (χ4n) is 3.97. The van der Waals surface area contributed by atoms with Gasteiger partial charge in [-0.15, -0.1) is 0 Å². The molecule has 0 aromatic carbocycles. The highest BCUT2D eigenvalue weighted by Gasteiger charge is 2.47. The van der Waals surface area contributed by atoms with Gasteiger partial charge < -0.3 is 9.15 Å².